The normalized spacial score (nSPS) is 12.7. The first-order valence-corrected chi connectivity index (χ1v) is 5.24. The van der Waals surface area contributed by atoms with Crippen molar-refractivity contribution in [2.24, 2.45) is 5.73 Å². The van der Waals surface area contributed by atoms with Gasteiger partial charge in [-0.25, -0.2) is 0 Å². The van der Waals surface area contributed by atoms with Crippen LogP contribution in [0.15, 0.2) is 39.6 Å². The second-order valence-electron chi connectivity index (χ2n) is 4.64. The van der Waals surface area contributed by atoms with E-state index in [2.05, 4.69) is 0 Å². The van der Waals surface area contributed by atoms with Gasteiger partial charge in [0.1, 0.15) is 11.2 Å². The number of hydrogen-bond acceptors (Lipinski definition) is 3. The summed E-state index contributed by atoms with van der Waals surface area (Å²) in [5.41, 5.74) is 8.44. The first-order chi connectivity index (χ1) is 7.57. The summed E-state index contributed by atoms with van der Waals surface area (Å²) < 4.78 is 11.0. The minimum atomic E-state index is -0.459. The van der Waals surface area contributed by atoms with Gasteiger partial charge in [-0.3, -0.25) is 0 Å². The minimum Gasteiger partial charge on any atom is -0.464 e. The molecule has 0 aliphatic rings. The van der Waals surface area contributed by atoms with E-state index in [0.29, 0.717) is 0 Å². The fraction of sp³-hybridized carbons (Fsp3) is 0.231. The Labute approximate surface area is 92.8 Å². The second kappa shape index (κ2) is 2.89. The molecule has 2 aromatic heterocycles. The lowest BCUT2D eigenvalue weighted by Crippen LogP contribution is -2.29. The van der Waals surface area contributed by atoms with Crippen molar-refractivity contribution in [1.82, 2.24) is 0 Å². The molecule has 16 heavy (non-hydrogen) atoms. The number of benzene rings is 1. The fourth-order valence-electron chi connectivity index (χ4n) is 2.18. The molecule has 2 heterocycles. The average Bonchev–Trinajstić information content (AvgIpc) is 2.77. The predicted octanol–water partition coefficient (Wildman–Crippen LogP) is 3.37. The summed E-state index contributed by atoms with van der Waals surface area (Å²) in [6.07, 6.45) is 3.36. The van der Waals surface area contributed by atoms with Gasteiger partial charge in [-0.2, -0.15) is 0 Å². The summed E-state index contributed by atoms with van der Waals surface area (Å²) in [5, 5.41) is 2.05. The summed E-state index contributed by atoms with van der Waals surface area (Å²) in [7, 11) is 0. The molecule has 0 bridgehead atoms. The van der Waals surface area contributed by atoms with Crippen LogP contribution in [0.1, 0.15) is 19.4 Å². The number of rotatable bonds is 1. The van der Waals surface area contributed by atoms with Gasteiger partial charge in [0.05, 0.1) is 12.5 Å². The van der Waals surface area contributed by atoms with Gasteiger partial charge in [0.15, 0.2) is 0 Å². The number of furan rings is 2. The summed E-state index contributed by atoms with van der Waals surface area (Å²) >= 11 is 0. The lowest BCUT2D eigenvalue weighted by Gasteiger charge is -2.20. The molecule has 0 unspecified atom stereocenters. The monoisotopic (exact) mass is 215 g/mol. The molecule has 1 aromatic carbocycles. The summed E-state index contributed by atoms with van der Waals surface area (Å²) in [6, 6.07) is 5.83. The molecule has 0 radical (unpaired) electrons. The van der Waals surface area contributed by atoms with Crippen LogP contribution in [0.2, 0.25) is 0 Å². The quantitative estimate of drug-likeness (QED) is 0.677. The van der Waals surface area contributed by atoms with E-state index in [-0.39, 0.29) is 0 Å². The van der Waals surface area contributed by atoms with Crippen molar-refractivity contribution < 1.29 is 8.83 Å². The molecular formula is C13H13NO2. The van der Waals surface area contributed by atoms with Gasteiger partial charge < -0.3 is 14.6 Å². The Morgan fingerprint density at radius 1 is 1.12 bits per heavy atom. The van der Waals surface area contributed by atoms with Crippen LogP contribution in [0, 0.1) is 0 Å². The third-order valence-corrected chi connectivity index (χ3v) is 2.82. The molecular weight excluding hydrogens is 202 g/mol. The van der Waals surface area contributed by atoms with E-state index in [1.807, 2.05) is 32.0 Å². The SMILES string of the molecule is CC(C)(N)c1c2ccoc2cc2ccoc12. The Morgan fingerprint density at radius 3 is 2.62 bits per heavy atom. The molecule has 3 heteroatoms. The van der Waals surface area contributed by atoms with Crippen molar-refractivity contribution in [2.45, 2.75) is 19.4 Å². The van der Waals surface area contributed by atoms with Crippen LogP contribution in [-0.4, -0.2) is 0 Å². The first-order valence-electron chi connectivity index (χ1n) is 5.24. The highest BCUT2D eigenvalue weighted by Gasteiger charge is 2.23. The van der Waals surface area contributed by atoms with E-state index in [0.717, 1.165) is 27.5 Å². The van der Waals surface area contributed by atoms with Crippen LogP contribution < -0.4 is 5.73 Å². The third kappa shape index (κ3) is 1.18. The van der Waals surface area contributed by atoms with Gasteiger partial charge >= 0.3 is 0 Å². The molecule has 3 nitrogen and oxygen atoms in total. The molecule has 2 N–H and O–H groups in total. The maximum Gasteiger partial charge on any atom is 0.139 e. The van der Waals surface area contributed by atoms with Gasteiger partial charge in [-0.05, 0) is 32.0 Å². The molecule has 0 aliphatic heterocycles. The van der Waals surface area contributed by atoms with Gasteiger partial charge in [0.2, 0.25) is 0 Å². The van der Waals surface area contributed by atoms with Gasteiger partial charge in [-0.1, -0.05) is 0 Å². The zero-order valence-corrected chi connectivity index (χ0v) is 9.28. The molecule has 0 atom stereocenters. The molecule has 0 fully saturated rings. The summed E-state index contributed by atoms with van der Waals surface area (Å²) in [5.74, 6) is 0. The number of hydrogen-bond donors (Lipinski definition) is 1. The van der Waals surface area contributed by atoms with E-state index in [9.17, 15) is 0 Å². The Kier molecular flexibility index (Phi) is 1.71. The standard InChI is InChI=1S/C13H13NO2/c1-13(2,14)11-9-4-6-15-10(9)7-8-3-5-16-12(8)11/h3-7H,14H2,1-2H3. The van der Waals surface area contributed by atoms with Crippen molar-refractivity contribution in [3.05, 3.63) is 36.3 Å². The van der Waals surface area contributed by atoms with Crippen molar-refractivity contribution in [1.29, 1.82) is 0 Å². The largest absolute Gasteiger partial charge is 0.464 e. The highest BCUT2D eigenvalue weighted by molar-refractivity contribution is 5.98. The Bertz CT molecular complexity index is 606. The van der Waals surface area contributed by atoms with Gasteiger partial charge in [-0.15, -0.1) is 0 Å². The highest BCUT2D eigenvalue weighted by Crippen LogP contribution is 2.35. The van der Waals surface area contributed by atoms with E-state index in [1.54, 1.807) is 12.5 Å². The zero-order chi connectivity index (χ0) is 11.3. The van der Waals surface area contributed by atoms with Crippen LogP contribution in [-0.2, 0) is 5.54 Å². The molecule has 0 saturated heterocycles. The maximum absolute atomic E-state index is 6.21. The zero-order valence-electron chi connectivity index (χ0n) is 9.28. The third-order valence-electron chi connectivity index (χ3n) is 2.82. The van der Waals surface area contributed by atoms with E-state index in [1.165, 1.54) is 0 Å². The predicted molar refractivity (Wildman–Crippen MR) is 63.2 cm³/mol. The topological polar surface area (TPSA) is 52.3 Å². The van der Waals surface area contributed by atoms with Crippen LogP contribution in [0.3, 0.4) is 0 Å². The van der Waals surface area contributed by atoms with Crippen molar-refractivity contribution in [3.63, 3.8) is 0 Å². The summed E-state index contributed by atoms with van der Waals surface area (Å²) in [4.78, 5) is 0. The molecule has 3 rings (SSSR count). The van der Waals surface area contributed by atoms with Crippen molar-refractivity contribution >= 4 is 21.9 Å². The molecule has 3 aromatic rings. The Hall–Kier alpha value is -1.74. The minimum absolute atomic E-state index is 0.459. The average molecular weight is 215 g/mol. The molecule has 82 valence electrons. The Morgan fingerprint density at radius 2 is 1.88 bits per heavy atom. The molecule has 0 aliphatic carbocycles. The van der Waals surface area contributed by atoms with Crippen molar-refractivity contribution in [2.75, 3.05) is 0 Å². The number of nitrogens with two attached hydrogens (primary N) is 1. The smallest absolute Gasteiger partial charge is 0.139 e. The van der Waals surface area contributed by atoms with Gasteiger partial charge in [0, 0.05) is 21.9 Å². The molecule has 0 spiro atoms. The summed E-state index contributed by atoms with van der Waals surface area (Å²) in [6.45, 7) is 3.94. The fourth-order valence-corrected chi connectivity index (χ4v) is 2.18. The molecule has 0 amide bonds. The van der Waals surface area contributed by atoms with E-state index < -0.39 is 5.54 Å². The second-order valence-corrected chi connectivity index (χ2v) is 4.64. The highest BCUT2D eigenvalue weighted by atomic mass is 16.3. The first kappa shape index (κ1) is 9.48. The van der Waals surface area contributed by atoms with Crippen LogP contribution in [0.25, 0.3) is 21.9 Å². The van der Waals surface area contributed by atoms with Crippen molar-refractivity contribution in [3.8, 4) is 0 Å². The van der Waals surface area contributed by atoms with E-state index in [4.69, 9.17) is 14.6 Å². The Balaban J connectivity index is 2.57. The number of fused-ring (bicyclic) bond motifs is 2. The lowest BCUT2D eigenvalue weighted by atomic mass is 9.91. The van der Waals surface area contributed by atoms with Gasteiger partial charge in [0.25, 0.3) is 0 Å². The lowest BCUT2D eigenvalue weighted by molar-refractivity contribution is 0.539. The maximum atomic E-state index is 6.21. The van der Waals surface area contributed by atoms with Crippen LogP contribution >= 0.6 is 0 Å². The molecule has 0 saturated carbocycles. The van der Waals surface area contributed by atoms with E-state index >= 15 is 0 Å². The van der Waals surface area contributed by atoms with Crippen LogP contribution in [0.4, 0.5) is 0 Å². The van der Waals surface area contributed by atoms with Crippen LogP contribution in [0.5, 0.6) is 0 Å².